The molecule has 1 saturated carbocycles. The lowest BCUT2D eigenvalue weighted by Gasteiger charge is -2.06. The van der Waals surface area contributed by atoms with Crippen molar-refractivity contribution in [3.8, 4) is 5.75 Å². The first-order valence-electron chi connectivity index (χ1n) is 4.51. The number of aromatic nitrogens is 1. The first-order valence-corrected chi connectivity index (χ1v) is 4.51. The van der Waals surface area contributed by atoms with Gasteiger partial charge in [-0.15, -0.1) is 0 Å². The Labute approximate surface area is 80.9 Å². The van der Waals surface area contributed by atoms with Gasteiger partial charge in [-0.1, -0.05) is 0 Å². The van der Waals surface area contributed by atoms with Crippen LogP contribution in [0.15, 0.2) is 18.5 Å². The fourth-order valence-corrected chi connectivity index (χ4v) is 1.24. The Hall–Kier alpha value is -1.19. The highest BCUT2D eigenvalue weighted by Gasteiger charge is 2.57. The maximum absolute atomic E-state index is 12.5. The fraction of sp³-hybridized carbons (Fsp3) is 0.500. The number of halogens is 2. The molecule has 14 heavy (non-hydrogen) atoms. The van der Waals surface area contributed by atoms with Gasteiger partial charge in [0.1, 0.15) is 5.75 Å². The van der Waals surface area contributed by atoms with Gasteiger partial charge < -0.3 is 4.74 Å². The van der Waals surface area contributed by atoms with E-state index < -0.39 is 11.8 Å². The Morgan fingerprint density at radius 1 is 1.64 bits per heavy atom. The Morgan fingerprint density at radius 3 is 2.93 bits per heavy atom. The van der Waals surface area contributed by atoms with Crippen molar-refractivity contribution in [1.82, 2.24) is 4.98 Å². The van der Waals surface area contributed by atoms with Crippen LogP contribution in [0.5, 0.6) is 5.75 Å². The summed E-state index contributed by atoms with van der Waals surface area (Å²) in [6, 6.07) is 1.79. The number of alkyl halides is 2. The Balaban J connectivity index is 1.90. The first-order chi connectivity index (χ1) is 6.59. The minimum atomic E-state index is -2.50. The minimum absolute atomic E-state index is 0.0493. The van der Waals surface area contributed by atoms with Gasteiger partial charge in [0.05, 0.1) is 18.7 Å². The van der Waals surface area contributed by atoms with Gasteiger partial charge in [0, 0.05) is 12.6 Å². The minimum Gasteiger partial charge on any atom is -0.491 e. The van der Waals surface area contributed by atoms with E-state index in [1.807, 2.05) is 6.92 Å². The summed E-state index contributed by atoms with van der Waals surface area (Å²) in [4.78, 5) is 3.87. The van der Waals surface area contributed by atoms with E-state index in [9.17, 15) is 8.78 Å². The number of rotatable bonds is 3. The molecule has 1 aromatic heterocycles. The Kier molecular flexibility index (Phi) is 2.13. The average Bonchev–Trinajstić information content (AvgIpc) is 2.73. The van der Waals surface area contributed by atoms with Crippen molar-refractivity contribution >= 4 is 0 Å². The maximum atomic E-state index is 12.5. The van der Waals surface area contributed by atoms with Crippen molar-refractivity contribution < 1.29 is 13.5 Å². The molecule has 0 aliphatic heterocycles. The Morgan fingerprint density at radius 2 is 2.36 bits per heavy atom. The largest absolute Gasteiger partial charge is 0.491 e. The van der Waals surface area contributed by atoms with Crippen molar-refractivity contribution in [2.24, 2.45) is 5.92 Å². The summed E-state index contributed by atoms with van der Waals surface area (Å²) < 4.78 is 30.3. The van der Waals surface area contributed by atoms with Crippen LogP contribution in [0.4, 0.5) is 8.78 Å². The first kappa shape index (κ1) is 9.37. The van der Waals surface area contributed by atoms with Crippen LogP contribution in [0.25, 0.3) is 0 Å². The third-order valence-electron chi connectivity index (χ3n) is 2.39. The molecule has 76 valence electrons. The topological polar surface area (TPSA) is 22.1 Å². The molecule has 1 fully saturated rings. The van der Waals surface area contributed by atoms with Gasteiger partial charge in [0.15, 0.2) is 0 Å². The quantitative estimate of drug-likeness (QED) is 0.745. The highest BCUT2D eigenvalue weighted by molar-refractivity contribution is 5.28. The van der Waals surface area contributed by atoms with E-state index in [-0.39, 0.29) is 13.0 Å². The number of aryl methyl sites for hydroxylation is 1. The van der Waals surface area contributed by atoms with Gasteiger partial charge in [0.25, 0.3) is 5.92 Å². The zero-order valence-electron chi connectivity index (χ0n) is 7.84. The van der Waals surface area contributed by atoms with Crippen LogP contribution in [-0.2, 0) is 0 Å². The number of ether oxygens (including phenoxy) is 1. The molecule has 0 radical (unpaired) electrons. The van der Waals surface area contributed by atoms with Gasteiger partial charge in [0.2, 0.25) is 0 Å². The summed E-state index contributed by atoms with van der Waals surface area (Å²) in [5.74, 6) is -2.52. The molecule has 2 rings (SSSR count). The molecular formula is C10H11F2NO. The average molecular weight is 199 g/mol. The van der Waals surface area contributed by atoms with Gasteiger partial charge >= 0.3 is 0 Å². The van der Waals surface area contributed by atoms with E-state index >= 15 is 0 Å². The number of hydrogen-bond acceptors (Lipinski definition) is 2. The van der Waals surface area contributed by atoms with Crippen LogP contribution in [0, 0.1) is 12.8 Å². The van der Waals surface area contributed by atoms with Crippen LogP contribution in [0.1, 0.15) is 12.0 Å². The molecule has 0 saturated heterocycles. The lowest BCUT2D eigenvalue weighted by atomic mass is 10.3. The van der Waals surface area contributed by atoms with Gasteiger partial charge in [-0.2, -0.15) is 0 Å². The van der Waals surface area contributed by atoms with E-state index in [1.54, 1.807) is 18.5 Å². The van der Waals surface area contributed by atoms with Crippen molar-refractivity contribution in [1.29, 1.82) is 0 Å². The van der Waals surface area contributed by atoms with Crippen molar-refractivity contribution in [2.45, 2.75) is 19.3 Å². The molecule has 0 spiro atoms. The summed E-state index contributed by atoms with van der Waals surface area (Å²) in [5, 5.41) is 0. The fourth-order valence-electron chi connectivity index (χ4n) is 1.24. The molecule has 0 bridgehead atoms. The smallest absolute Gasteiger partial charge is 0.255 e. The standard InChI is InChI=1S/C10H11F2NO/c1-7-2-3-13-5-9(7)14-6-8-4-10(8,11)12/h2-3,5,8H,4,6H2,1H3/t8-/m1/s1. The normalized spacial score (nSPS) is 23.2. The second-order valence-corrected chi connectivity index (χ2v) is 3.61. The van der Waals surface area contributed by atoms with Crippen LogP contribution in [-0.4, -0.2) is 17.5 Å². The van der Waals surface area contributed by atoms with E-state index in [4.69, 9.17) is 4.74 Å². The molecule has 1 atom stereocenters. The SMILES string of the molecule is Cc1ccncc1OC[C@H]1CC1(F)F. The zero-order valence-corrected chi connectivity index (χ0v) is 7.84. The lowest BCUT2D eigenvalue weighted by molar-refractivity contribution is 0.0854. The predicted molar refractivity (Wildman–Crippen MR) is 47.5 cm³/mol. The molecule has 1 aromatic rings. The second kappa shape index (κ2) is 3.19. The summed E-state index contributed by atoms with van der Waals surface area (Å²) >= 11 is 0. The molecule has 0 aromatic carbocycles. The molecule has 1 aliphatic rings. The number of nitrogens with zero attached hydrogens (tertiary/aromatic N) is 1. The highest BCUT2D eigenvalue weighted by atomic mass is 19.3. The molecule has 0 unspecified atom stereocenters. The number of pyridine rings is 1. The molecule has 2 nitrogen and oxygen atoms in total. The van der Waals surface area contributed by atoms with Crippen molar-refractivity contribution in [2.75, 3.05) is 6.61 Å². The monoisotopic (exact) mass is 199 g/mol. The predicted octanol–water partition coefficient (Wildman–Crippen LogP) is 2.42. The molecular weight excluding hydrogens is 188 g/mol. The number of hydrogen-bond donors (Lipinski definition) is 0. The molecule has 1 heterocycles. The van der Waals surface area contributed by atoms with Crippen molar-refractivity contribution in [3.63, 3.8) is 0 Å². The van der Waals surface area contributed by atoms with Crippen LogP contribution >= 0.6 is 0 Å². The van der Waals surface area contributed by atoms with E-state index in [0.717, 1.165) is 5.56 Å². The summed E-state index contributed by atoms with van der Waals surface area (Å²) in [6.07, 6.45) is 3.15. The molecule has 0 N–H and O–H groups in total. The maximum Gasteiger partial charge on any atom is 0.255 e. The molecule has 1 aliphatic carbocycles. The highest BCUT2D eigenvalue weighted by Crippen LogP contribution is 2.48. The summed E-state index contributed by atoms with van der Waals surface area (Å²) in [5.41, 5.74) is 0.920. The Bertz CT molecular complexity index is 341. The lowest BCUT2D eigenvalue weighted by Crippen LogP contribution is -2.06. The van der Waals surface area contributed by atoms with Crippen LogP contribution < -0.4 is 4.74 Å². The zero-order chi connectivity index (χ0) is 10.2. The van der Waals surface area contributed by atoms with Gasteiger partial charge in [-0.25, -0.2) is 8.78 Å². The van der Waals surface area contributed by atoms with Gasteiger partial charge in [-0.05, 0) is 18.6 Å². The van der Waals surface area contributed by atoms with Gasteiger partial charge in [-0.3, -0.25) is 4.98 Å². The van der Waals surface area contributed by atoms with Crippen LogP contribution in [0.3, 0.4) is 0 Å². The van der Waals surface area contributed by atoms with E-state index in [0.29, 0.717) is 5.75 Å². The molecule has 0 amide bonds. The van der Waals surface area contributed by atoms with Crippen LogP contribution in [0.2, 0.25) is 0 Å². The molecule has 4 heteroatoms. The summed E-state index contributed by atoms with van der Waals surface area (Å²) in [6.45, 7) is 1.95. The van der Waals surface area contributed by atoms with E-state index in [2.05, 4.69) is 4.98 Å². The third-order valence-corrected chi connectivity index (χ3v) is 2.39. The van der Waals surface area contributed by atoms with E-state index in [1.165, 1.54) is 0 Å². The third kappa shape index (κ3) is 1.84. The second-order valence-electron chi connectivity index (χ2n) is 3.61. The van der Waals surface area contributed by atoms with Crippen molar-refractivity contribution in [3.05, 3.63) is 24.0 Å². The summed E-state index contributed by atoms with van der Waals surface area (Å²) in [7, 11) is 0.